The van der Waals surface area contributed by atoms with Crippen molar-refractivity contribution in [2.45, 2.75) is 20.1 Å². The average Bonchev–Trinajstić information content (AvgIpc) is 2.55. The molecular weight excluding hydrogens is 280 g/mol. The van der Waals surface area contributed by atoms with Crippen molar-refractivity contribution < 1.29 is 14.6 Å². The smallest absolute Gasteiger partial charge is 0.319 e. The highest BCUT2D eigenvalue weighted by Crippen LogP contribution is 2.20. The first-order chi connectivity index (χ1) is 10.6. The van der Waals surface area contributed by atoms with Crippen LogP contribution in [0.4, 0.5) is 10.5 Å². The van der Waals surface area contributed by atoms with Gasteiger partial charge in [0.1, 0.15) is 5.75 Å². The summed E-state index contributed by atoms with van der Waals surface area (Å²) in [4.78, 5) is 12.0. The average molecular weight is 300 g/mol. The summed E-state index contributed by atoms with van der Waals surface area (Å²) in [7, 11) is 1.60. The fourth-order valence-corrected chi connectivity index (χ4v) is 2.13. The highest BCUT2D eigenvalue weighted by atomic mass is 16.5. The fourth-order valence-electron chi connectivity index (χ4n) is 2.13. The van der Waals surface area contributed by atoms with Gasteiger partial charge in [0.2, 0.25) is 0 Å². The zero-order valence-electron chi connectivity index (χ0n) is 12.7. The van der Waals surface area contributed by atoms with E-state index in [2.05, 4.69) is 10.6 Å². The molecule has 0 radical (unpaired) electrons. The molecule has 22 heavy (non-hydrogen) atoms. The summed E-state index contributed by atoms with van der Waals surface area (Å²) in [5.41, 5.74) is 3.36. The van der Waals surface area contributed by atoms with Gasteiger partial charge in [-0.05, 0) is 41.8 Å². The second-order valence-corrected chi connectivity index (χ2v) is 4.92. The molecule has 2 rings (SSSR count). The molecule has 0 spiro atoms. The zero-order valence-corrected chi connectivity index (χ0v) is 12.7. The van der Waals surface area contributed by atoms with Gasteiger partial charge in [0.15, 0.2) is 0 Å². The van der Waals surface area contributed by atoms with Crippen LogP contribution in [0, 0.1) is 6.92 Å². The standard InChI is InChI=1S/C17H20N2O3/c1-12-9-15(22-2)7-8-16(12)19-17(21)18-10-13-5-3-4-6-14(13)11-20/h3-9,20H,10-11H2,1-2H3,(H2,18,19,21). The molecule has 0 saturated heterocycles. The number of hydrogen-bond donors (Lipinski definition) is 3. The van der Waals surface area contributed by atoms with E-state index in [4.69, 9.17) is 4.74 Å². The second kappa shape index (κ2) is 7.47. The van der Waals surface area contributed by atoms with Crippen LogP contribution in [0.5, 0.6) is 5.75 Å². The van der Waals surface area contributed by atoms with Gasteiger partial charge in [-0.1, -0.05) is 24.3 Å². The van der Waals surface area contributed by atoms with Crippen molar-refractivity contribution in [3.8, 4) is 5.75 Å². The third kappa shape index (κ3) is 3.99. The third-order valence-electron chi connectivity index (χ3n) is 3.41. The monoisotopic (exact) mass is 300 g/mol. The zero-order chi connectivity index (χ0) is 15.9. The first-order valence-electron chi connectivity index (χ1n) is 7.01. The summed E-state index contributed by atoms with van der Waals surface area (Å²) in [6.45, 7) is 2.22. The first-order valence-corrected chi connectivity index (χ1v) is 7.01. The molecule has 0 fully saturated rings. The molecule has 2 amide bonds. The molecule has 0 unspecified atom stereocenters. The lowest BCUT2D eigenvalue weighted by molar-refractivity contribution is 0.251. The molecule has 0 saturated carbocycles. The van der Waals surface area contributed by atoms with Gasteiger partial charge < -0.3 is 20.5 Å². The lowest BCUT2D eigenvalue weighted by Gasteiger charge is -2.12. The van der Waals surface area contributed by atoms with Gasteiger partial charge in [0, 0.05) is 12.2 Å². The summed E-state index contributed by atoms with van der Waals surface area (Å²) in [6, 6.07) is 12.6. The molecule has 0 aromatic heterocycles. The molecule has 5 nitrogen and oxygen atoms in total. The van der Waals surface area contributed by atoms with Gasteiger partial charge in [-0.3, -0.25) is 0 Å². The number of carbonyl (C=O) groups excluding carboxylic acids is 1. The van der Waals surface area contributed by atoms with Gasteiger partial charge in [-0.25, -0.2) is 4.79 Å². The largest absolute Gasteiger partial charge is 0.497 e. The molecular formula is C17H20N2O3. The molecule has 0 aliphatic carbocycles. The minimum Gasteiger partial charge on any atom is -0.497 e. The fraction of sp³-hybridized carbons (Fsp3) is 0.235. The molecule has 116 valence electrons. The van der Waals surface area contributed by atoms with E-state index in [9.17, 15) is 9.90 Å². The Labute approximate surface area is 129 Å². The Morgan fingerprint density at radius 2 is 1.91 bits per heavy atom. The van der Waals surface area contributed by atoms with Gasteiger partial charge in [-0.2, -0.15) is 0 Å². The first kappa shape index (κ1) is 15.9. The van der Waals surface area contributed by atoms with Crippen molar-refractivity contribution in [1.29, 1.82) is 0 Å². The predicted molar refractivity (Wildman–Crippen MR) is 86.0 cm³/mol. The Balaban J connectivity index is 1.96. The van der Waals surface area contributed by atoms with Gasteiger partial charge in [-0.15, -0.1) is 0 Å². The molecule has 3 N–H and O–H groups in total. The number of anilines is 1. The highest BCUT2D eigenvalue weighted by molar-refractivity contribution is 5.90. The Morgan fingerprint density at radius 1 is 1.18 bits per heavy atom. The van der Waals surface area contributed by atoms with E-state index in [0.717, 1.165) is 28.1 Å². The van der Waals surface area contributed by atoms with E-state index >= 15 is 0 Å². The van der Waals surface area contributed by atoms with Crippen molar-refractivity contribution in [3.05, 3.63) is 59.2 Å². The quantitative estimate of drug-likeness (QED) is 0.795. The summed E-state index contributed by atoms with van der Waals surface area (Å²) >= 11 is 0. The van der Waals surface area contributed by atoms with Crippen LogP contribution in [-0.4, -0.2) is 18.2 Å². The number of rotatable bonds is 5. The van der Waals surface area contributed by atoms with Crippen LogP contribution in [0.15, 0.2) is 42.5 Å². The van der Waals surface area contributed by atoms with E-state index in [-0.39, 0.29) is 12.6 Å². The molecule has 0 atom stereocenters. The molecule has 2 aromatic rings. The number of aryl methyl sites for hydroxylation is 1. The van der Waals surface area contributed by atoms with Crippen molar-refractivity contribution >= 4 is 11.7 Å². The number of carbonyl (C=O) groups is 1. The van der Waals surface area contributed by atoms with E-state index in [1.807, 2.05) is 37.3 Å². The molecule has 0 bridgehead atoms. The summed E-state index contributed by atoms with van der Waals surface area (Å²) in [6.07, 6.45) is 0. The minimum atomic E-state index is -0.291. The van der Waals surface area contributed by atoms with Crippen molar-refractivity contribution in [2.75, 3.05) is 12.4 Å². The number of amides is 2. The van der Waals surface area contributed by atoms with Gasteiger partial charge >= 0.3 is 6.03 Å². The van der Waals surface area contributed by atoms with E-state index in [0.29, 0.717) is 6.54 Å². The SMILES string of the molecule is COc1ccc(NC(=O)NCc2ccccc2CO)c(C)c1. The Hall–Kier alpha value is -2.53. The van der Waals surface area contributed by atoms with E-state index in [1.165, 1.54) is 0 Å². The van der Waals surface area contributed by atoms with E-state index in [1.54, 1.807) is 19.2 Å². The normalized spacial score (nSPS) is 10.1. The summed E-state index contributed by atoms with van der Waals surface area (Å²) < 4.78 is 5.13. The van der Waals surface area contributed by atoms with Gasteiger partial charge in [0.05, 0.1) is 13.7 Å². The Morgan fingerprint density at radius 3 is 2.55 bits per heavy atom. The van der Waals surface area contributed by atoms with Crippen LogP contribution < -0.4 is 15.4 Å². The number of urea groups is 1. The summed E-state index contributed by atoms with van der Waals surface area (Å²) in [5, 5.41) is 14.9. The minimum absolute atomic E-state index is 0.0446. The molecule has 0 heterocycles. The Kier molecular flexibility index (Phi) is 5.38. The van der Waals surface area contributed by atoms with Crippen molar-refractivity contribution in [3.63, 3.8) is 0 Å². The molecule has 5 heteroatoms. The van der Waals surface area contributed by atoms with Crippen LogP contribution in [0.3, 0.4) is 0 Å². The Bertz CT molecular complexity index is 656. The van der Waals surface area contributed by atoms with Crippen LogP contribution in [0.2, 0.25) is 0 Å². The van der Waals surface area contributed by atoms with Crippen LogP contribution in [0.1, 0.15) is 16.7 Å². The number of methoxy groups -OCH3 is 1. The van der Waals surface area contributed by atoms with Crippen LogP contribution in [0.25, 0.3) is 0 Å². The lowest BCUT2D eigenvalue weighted by Crippen LogP contribution is -2.28. The maximum atomic E-state index is 12.0. The van der Waals surface area contributed by atoms with Crippen LogP contribution >= 0.6 is 0 Å². The van der Waals surface area contributed by atoms with Crippen molar-refractivity contribution in [2.24, 2.45) is 0 Å². The molecule has 2 aromatic carbocycles. The number of hydrogen-bond acceptors (Lipinski definition) is 3. The molecule has 0 aliphatic heterocycles. The molecule has 0 aliphatic rings. The highest BCUT2D eigenvalue weighted by Gasteiger charge is 2.06. The predicted octanol–water partition coefficient (Wildman–Crippen LogP) is 2.82. The maximum absolute atomic E-state index is 12.0. The summed E-state index contributed by atoms with van der Waals surface area (Å²) in [5.74, 6) is 0.750. The van der Waals surface area contributed by atoms with Gasteiger partial charge in [0.25, 0.3) is 0 Å². The number of benzene rings is 2. The van der Waals surface area contributed by atoms with Crippen LogP contribution in [-0.2, 0) is 13.2 Å². The van der Waals surface area contributed by atoms with E-state index < -0.39 is 0 Å². The number of aliphatic hydroxyl groups is 1. The lowest BCUT2D eigenvalue weighted by atomic mass is 10.1. The van der Waals surface area contributed by atoms with Crippen molar-refractivity contribution in [1.82, 2.24) is 5.32 Å². The maximum Gasteiger partial charge on any atom is 0.319 e. The second-order valence-electron chi connectivity index (χ2n) is 4.92. The number of ether oxygens (including phenoxy) is 1. The number of aliphatic hydroxyl groups excluding tert-OH is 1. The number of nitrogens with one attached hydrogen (secondary N) is 2. The third-order valence-corrected chi connectivity index (χ3v) is 3.41. The topological polar surface area (TPSA) is 70.6 Å².